The van der Waals surface area contributed by atoms with Gasteiger partial charge in [0.05, 0.1) is 12.1 Å². The van der Waals surface area contributed by atoms with Gasteiger partial charge in [-0.1, -0.05) is 54.4 Å². The molecular weight excluding hydrogens is 404 g/mol. The molecule has 3 amide bonds. The lowest BCUT2D eigenvalue weighted by Crippen LogP contribution is -2.61. The van der Waals surface area contributed by atoms with Gasteiger partial charge < -0.3 is 31.9 Å². The molecule has 0 saturated heterocycles. The van der Waals surface area contributed by atoms with Crippen LogP contribution in [0.1, 0.15) is 61.3 Å². The summed E-state index contributed by atoms with van der Waals surface area (Å²) in [6.45, 7) is 11.9. The molecule has 0 bridgehead atoms. The third-order valence-corrected chi connectivity index (χ3v) is 5.65. The molecule has 0 aliphatic heterocycles. The Kier molecular flexibility index (Phi) is 12.3. The first-order chi connectivity index (χ1) is 14.3. The maximum absolute atomic E-state index is 12.8. The Hall–Kier alpha value is -2.20. The molecule has 7 atom stereocenters. The number of nitrogens with two attached hydrogens (primary N) is 1. The zero-order valence-electron chi connectivity index (χ0n) is 19.6. The van der Waals surface area contributed by atoms with E-state index < -0.39 is 54.0 Å². The van der Waals surface area contributed by atoms with Gasteiger partial charge in [0.25, 0.3) is 0 Å². The normalized spacial score (nSPS) is 18.1. The first kappa shape index (κ1) is 28.8. The number of rotatable bonds is 13. The molecule has 0 rings (SSSR count). The van der Waals surface area contributed by atoms with Gasteiger partial charge in [-0.2, -0.15) is 0 Å². The Morgan fingerprint density at radius 2 is 1.16 bits per heavy atom. The summed E-state index contributed by atoms with van der Waals surface area (Å²) in [5, 5.41) is 26.9. The lowest BCUT2D eigenvalue weighted by Gasteiger charge is -2.29. The van der Waals surface area contributed by atoms with Crippen molar-refractivity contribution in [1.29, 1.82) is 0 Å². The summed E-state index contributed by atoms with van der Waals surface area (Å²) in [6.07, 6.45) is -0.0325. The summed E-state index contributed by atoms with van der Waals surface area (Å²) in [6, 6.07) is -4.33. The van der Waals surface area contributed by atoms with Crippen LogP contribution in [-0.2, 0) is 19.2 Å². The quantitative estimate of drug-likeness (QED) is 0.232. The lowest BCUT2D eigenvalue weighted by molar-refractivity contribution is -0.144. The van der Waals surface area contributed by atoms with Crippen molar-refractivity contribution < 1.29 is 29.4 Å². The Bertz CT molecular complexity index is 625. The Balaban J connectivity index is 5.43. The van der Waals surface area contributed by atoms with Crippen molar-refractivity contribution in [2.24, 2.45) is 23.5 Å². The molecule has 0 aromatic rings. The number of carboxylic acid groups (broad SMARTS) is 1. The van der Waals surface area contributed by atoms with Gasteiger partial charge in [0.1, 0.15) is 18.1 Å². The number of carboxylic acids is 1. The van der Waals surface area contributed by atoms with Crippen molar-refractivity contribution in [3.8, 4) is 0 Å². The number of carbonyl (C=O) groups is 4. The minimum Gasteiger partial charge on any atom is -0.480 e. The number of hydrogen-bond donors (Lipinski definition) is 6. The lowest BCUT2D eigenvalue weighted by atomic mass is 9.97. The molecule has 31 heavy (non-hydrogen) atoms. The van der Waals surface area contributed by atoms with E-state index in [4.69, 9.17) is 5.73 Å². The minimum absolute atomic E-state index is 0.125. The first-order valence-electron chi connectivity index (χ1n) is 10.9. The van der Waals surface area contributed by atoms with Crippen LogP contribution in [0.5, 0.6) is 0 Å². The van der Waals surface area contributed by atoms with Gasteiger partial charge in [-0.05, 0) is 24.7 Å². The maximum Gasteiger partial charge on any atom is 0.326 e. The van der Waals surface area contributed by atoms with Gasteiger partial charge in [-0.3, -0.25) is 14.4 Å². The summed E-state index contributed by atoms with van der Waals surface area (Å²) in [4.78, 5) is 49.4. The van der Waals surface area contributed by atoms with Crippen LogP contribution in [0, 0.1) is 17.8 Å². The zero-order valence-corrected chi connectivity index (χ0v) is 19.6. The van der Waals surface area contributed by atoms with Gasteiger partial charge in [0.15, 0.2) is 0 Å². The van der Waals surface area contributed by atoms with Crippen LogP contribution in [0.2, 0.25) is 0 Å². The van der Waals surface area contributed by atoms with Crippen LogP contribution in [0.25, 0.3) is 0 Å². The molecular formula is C21H40N4O6. The van der Waals surface area contributed by atoms with Crippen molar-refractivity contribution in [2.45, 2.75) is 91.6 Å². The number of nitrogens with one attached hydrogen (secondary N) is 3. The third-order valence-electron chi connectivity index (χ3n) is 5.65. The van der Waals surface area contributed by atoms with Gasteiger partial charge >= 0.3 is 5.97 Å². The molecule has 0 aliphatic carbocycles. The molecule has 7 N–H and O–H groups in total. The topological polar surface area (TPSA) is 171 Å². The van der Waals surface area contributed by atoms with Crippen LogP contribution in [0.4, 0.5) is 0 Å². The molecule has 0 heterocycles. The predicted molar refractivity (Wildman–Crippen MR) is 117 cm³/mol. The summed E-state index contributed by atoms with van der Waals surface area (Å²) in [5.41, 5.74) is 5.90. The van der Waals surface area contributed by atoms with E-state index in [9.17, 15) is 29.4 Å². The van der Waals surface area contributed by atoms with Crippen LogP contribution >= 0.6 is 0 Å². The fourth-order valence-electron chi connectivity index (χ4n) is 2.87. The van der Waals surface area contributed by atoms with E-state index >= 15 is 0 Å². The van der Waals surface area contributed by atoms with E-state index in [0.717, 1.165) is 0 Å². The predicted octanol–water partition coefficient (Wildman–Crippen LogP) is -0.0183. The van der Waals surface area contributed by atoms with E-state index in [1.807, 2.05) is 13.8 Å². The largest absolute Gasteiger partial charge is 0.480 e. The molecule has 0 saturated carbocycles. The van der Waals surface area contributed by atoms with Crippen LogP contribution < -0.4 is 21.7 Å². The van der Waals surface area contributed by atoms with Crippen molar-refractivity contribution in [3.63, 3.8) is 0 Å². The monoisotopic (exact) mass is 444 g/mol. The zero-order chi connectivity index (χ0) is 24.5. The molecule has 0 spiro atoms. The molecule has 0 aliphatic rings. The van der Waals surface area contributed by atoms with E-state index in [0.29, 0.717) is 12.8 Å². The standard InChI is InChI=1S/C21H40N4O6/c1-8-11(5)14(22)18(27)25-17(13(7)26)20(29)23-15(10(3)4)19(28)24-16(21(30)31)12(6)9-2/h10-17,26H,8-9,22H2,1-7H3,(H,23,29)(H,24,28)(H,25,27)(H,30,31). The van der Waals surface area contributed by atoms with Crippen molar-refractivity contribution in [2.75, 3.05) is 0 Å². The van der Waals surface area contributed by atoms with Crippen molar-refractivity contribution >= 4 is 23.7 Å². The number of hydrogen-bond acceptors (Lipinski definition) is 6. The molecule has 0 fully saturated rings. The Morgan fingerprint density at radius 1 is 0.742 bits per heavy atom. The molecule has 0 radical (unpaired) electrons. The van der Waals surface area contributed by atoms with Gasteiger partial charge in [-0.25, -0.2) is 4.79 Å². The second-order valence-corrected chi connectivity index (χ2v) is 8.58. The first-order valence-corrected chi connectivity index (χ1v) is 10.9. The highest BCUT2D eigenvalue weighted by atomic mass is 16.4. The average Bonchev–Trinajstić information content (AvgIpc) is 2.70. The highest BCUT2D eigenvalue weighted by Crippen LogP contribution is 2.11. The highest BCUT2D eigenvalue weighted by Gasteiger charge is 2.35. The SMILES string of the molecule is CCC(C)C(N)C(=O)NC(C(=O)NC(C(=O)NC(C(=O)O)C(C)CC)C(C)C)C(C)O. The smallest absolute Gasteiger partial charge is 0.326 e. The molecule has 0 aromatic heterocycles. The van der Waals surface area contributed by atoms with Crippen molar-refractivity contribution in [1.82, 2.24) is 16.0 Å². The number of carbonyl (C=O) groups excluding carboxylic acids is 3. The van der Waals surface area contributed by atoms with E-state index in [1.54, 1.807) is 27.7 Å². The molecule has 10 nitrogen and oxygen atoms in total. The van der Waals surface area contributed by atoms with Gasteiger partial charge in [0, 0.05) is 0 Å². The van der Waals surface area contributed by atoms with Crippen LogP contribution in [0.3, 0.4) is 0 Å². The Morgan fingerprint density at radius 3 is 1.55 bits per heavy atom. The third kappa shape index (κ3) is 8.82. The second kappa shape index (κ2) is 13.3. The van der Waals surface area contributed by atoms with Gasteiger partial charge in [-0.15, -0.1) is 0 Å². The van der Waals surface area contributed by atoms with Gasteiger partial charge in [0.2, 0.25) is 17.7 Å². The number of amides is 3. The molecule has 10 heteroatoms. The molecule has 180 valence electrons. The average molecular weight is 445 g/mol. The van der Waals surface area contributed by atoms with E-state index in [2.05, 4.69) is 16.0 Å². The number of aliphatic hydroxyl groups excluding tert-OH is 1. The van der Waals surface area contributed by atoms with Crippen LogP contribution in [0.15, 0.2) is 0 Å². The molecule has 7 unspecified atom stereocenters. The molecule has 0 aromatic carbocycles. The minimum atomic E-state index is -1.32. The highest BCUT2D eigenvalue weighted by molar-refractivity contribution is 5.94. The maximum atomic E-state index is 12.8. The van der Waals surface area contributed by atoms with E-state index in [-0.39, 0.29) is 17.8 Å². The van der Waals surface area contributed by atoms with Crippen molar-refractivity contribution in [3.05, 3.63) is 0 Å². The summed E-state index contributed by atoms with van der Waals surface area (Å²) < 4.78 is 0. The second-order valence-electron chi connectivity index (χ2n) is 8.58. The fourth-order valence-corrected chi connectivity index (χ4v) is 2.87. The summed E-state index contributed by atoms with van der Waals surface area (Å²) >= 11 is 0. The Labute approximate surface area is 184 Å². The number of aliphatic hydroxyl groups is 1. The fraction of sp³-hybridized carbons (Fsp3) is 0.810. The van der Waals surface area contributed by atoms with Crippen LogP contribution in [-0.4, -0.2) is 64.2 Å². The van der Waals surface area contributed by atoms with E-state index in [1.165, 1.54) is 6.92 Å². The summed E-state index contributed by atoms with van der Waals surface area (Å²) in [5.74, 6) is -3.96. The summed E-state index contributed by atoms with van der Waals surface area (Å²) in [7, 11) is 0. The number of aliphatic carboxylic acids is 1.